The fourth-order valence-electron chi connectivity index (χ4n) is 3.35. The van der Waals surface area contributed by atoms with Crippen molar-refractivity contribution in [2.24, 2.45) is 0 Å². The molecule has 24 heavy (non-hydrogen) atoms. The number of anilines is 1. The summed E-state index contributed by atoms with van der Waals surface area (Å²) in [7, 11) is 0. The molecular formula is C16H19N5O2S. The quantitative estimate of drug-likeness (QED) is 0.851. The lowest BCUT2D eigenvalue weighted by Gasteiger charge is -2.16. The van der Waals surface area contributed by atoms with Gasteiger partial charge in [-0.15, -0.1) is 11.3 Å². The lowest BCUT2D eigenvalue weighted by Crippen LogP contribution is -2.29. The molecule has 0 radical (unpaired) electrons. The average molecular weight is 345 g/mol. The summed E-state index contributed by atoms with van der Waals surface area (Å²) in [5.74, 6) is 0.153. The highest BCUT2D eigenvalue weighted by Crippen LogP contribution is 2.26. The van der Waals surface area contributed by atoms with Crippen molar-refractivity contribution in [2.75, 3.05) is 24.5 Å². The van der Waals surface area contributed by atoms with Gasteiger partial charge in [-0.05, 0) is 19.8 Å². The molecule has 2 amide bonds. The van der Waals surface area contributed by atoms with Gasteiger partial charge in [0, 0.05) is 37.6 Å². The molecular weight excluding hydrogens is 326 g/mol. The van der Waals surface area contributed by atoms with Gasteiger partial charge in [0.25, 0.3) is 5.91 Å². The number of thiazole rings is 1. The van der Waals surface area contributed by atoms with E-state index in [1.54, 1.807) is 11.1 Å². The number of aryl methyl sites for hydroxylation is 1. The molecule has 2 aromatic rings. The molecule has 2 aliphatic heterocycles. The van der Waals surface area contributed by atoms with Crippen LogP contribution < -0.4 is 4.90 Å². The Morgan fingerprint density at radius 2 is 2.25 bits per heavy atom. The lowest BCUT2D eigenvalue weighted by molar-refractivity contribution is -0.117. The van der Waals surface area contributed by atoms with E-state index in [4.69, 9.17) is 0 Å². The Bertz CT molecular complexity index is 783. The van der Waals surface area contributed by atoms with Gasteiger partial charge in [0.05, 0.1) is 22.9 Å². The third kappa shape index (κ3) is 2.71. The summed E-state index contributed by atoms with van der Waals surface area (Å²) >= 11 is 1.49. The summed E-state index contributed by atoms with van der Waals surface area (Å²) < 4.78 is 1.89. The third-order valence-corrected chi connectivity index (χ3v) is 5.41. The predicted molar refractivity (Wildman–Crippen MR) is 90.2 cm³/mol. The molecule has 0 aliphatic carbocycles. The zero-order chi connectivity index (χ0) is 16.7. The van der Waals surface area contributed by atoms with Crippen molar-refractivity contribution in [1.82, 2.24) is 19.7 Å². The van der Waals surface area contributed by atoms with Crippen LogP contribution in [-0.2, 0) is 4.79 Å². The molecule has 0 saturated carbocycles. The summed E-state index contributed by atoms with van der Waals surface area (Å²) in [4.78, 5) is 32.2. The van der Waals surface area contributed by atoms with Crippen LogP contribution in [-0.4, -0.2) is 51.1 Å². The van der Waals surface area contributed by atoms with Gasteiger partial charge in [-0.2, -0.15) is 5.10 Å². The number of nitrogens with zero attached hydrogens (tertiary/aromatic N) is 5. The fourth-order valence-corrected chi connectivity index (χ4v) is 3.94. The van der Waals surface area contributed by atoms with Crippen molar-refractivity contribution >= 4 is 28.8 Å². The molecule has 2 saturated heterocycles. The van der Waals surface area contributed by atoms with Crippen LogP contribution in [0.5, 0.6) is 0 Å². The van der Waals surface area contributed by atoms with Gasteiger partial charge in [0.1, 0.15) is 5.69 Å². The van der Waals surface area contributed by atoms with Gasteiger partial charge in [-0.1, -0.05) is 0 Å². The van der Waals surface area contributed by atoms with Crippen molar-refractivity contribution in [3.8, 4) is 0 Å². The second kappa shape index (κ2) is 6.01. The minimum Gasteiger partial charge on any atom is -0.335 e. The second-order valence-corrected chi connectivity index (χ2v) is 7.34. The normalized spacial score (nSPS) is 21.0. The molecule has 0 bridgehead atoms. The van der Waals surface area contributed by atoms with Crippen LogP contribution in [0, 0.1) is 6.92 Å². The summed E-state index contributed by atoms with van der Waals surface area (Å²) in [6.07, 6.45) is 6.06. The number of rotatable bonds is 3. The van der Waals surface area contributed by atoms with Crippen LogP contribution in [0.2, 0.25) is 0 Å². The Kier molecular flexibility index (Phi) is 3.84. The average Bonchev–Trinajstić information content (AvgIpc) is 3.33. The largest absolute Gasteiger partial charge is 0.335 e. The molecule has 126 valence electrons. The standard InChI is InChI=1S/C16H19N5O2S/c1-11-18-14(10-24-11)16(23)19-6-4-12(8-19)21-9-13(7-17-21)20-5-2-3-15(20)22/h7,9-10,12H,2-6,8H2,1H3. The summed E-state index contributed by atoms with van der Waals surface area (Å²) in [5.41, 5.74) is 1.39. The van der Waals surface area contributed by atoms with Crippen LogP contribution in [0.15, 0.2) is 17.8 Å². The number of aromatic nitrogens is 3. The van der Waals surface area contributed by atoms with Gasteiger partial charge in [0.2, 0.25) is 5.91 Å². The zero-order valence-electron chi connectivity index (χ0n) is 13.5. The molecule has 7 nitrogen and oxygen atoms in total. The molecule has 2 aromatic heterocycles. The van der Waals surface area contributed by atoms with E-state index in [-0.39, 0.29) is 17.9 Å². The number of likely N-dealkylation sites (tertiary alicyclic amines) is 1. The maximum absolute atomic E-state index is 12.5. The van der Waals surface area contributed by atoms with E-state index < -0.39 is 0 Å². The number of amides is 2. The summed E-state index contributed by atoms with van der Waals surface area (Å²) in [6, 6.07) is 0.153. The number of hydrogen-bond acceptors (Lipinski definition) is 5. The lowest BCUT2D eigenvalue weighted by atomic mass is 10.3. The van der Waals surface area contributed by atoms with Crippen molar-refractivity contribution in [3.63, 3.8) is 0 Å². The Hall–Kier alpha value is -2.22. The van der Waals surface area contributed by atoms with E-state index in [1.807, 2.05) is 28.1 Å². The molecule has 1 unspecified atom stereocenters. The molecule has 0 spiro atoms. The second-order valence-electron chi connectivity index (χ2n) is 6.27. The highest BCUT2D eigenvalue weighted by molar-refractivity contribution is 7.09. The van der Waals surface area contributed by atoms with Crippen molar-refractivity contribution in [3.05, 3.63) is 28.5 Å². The highest BCUT2D eigenvalue weighted by Gasteiger charge is 2.30. The first-order chi connectivity index (χ1) is 11.6. The van der Waals surface area contributed by atoms with Crippen LogP contribution in [0.1, 0.15) is 40.8 Å². The summed E-state index contributed by atoms with van der Waals surface area (Å²) in [5, 5.41) is 7.14. The molecule has 1 atom stereocenters. The number of carbonyl (C=O) groups excluding carboxylic acids is 2. The Labute approximate surface area is 143 Å². The number of carbonyl (C=O) groups is 2. The van der Waals surface area contributed by atoms with Crippen LogP contribution in [0.4, 0.5) is 5.69 Å². The molecule has 0 N–H and O–H groups in total. The maximum atomic E-state index is 12.5. The fraction of sp³-hybridized carbons (Fsp3) is 0.500. The summed E-state index contributed by atoms with van der Waals surface area (Å²) in [6.45, 7) is 4.00. The van der Waals surface area contributed by atoms with E-state index in [1.165, 1.54) is 11.3 Å². The Morgan fingerprint density at radius 3 is 2.96 bits per heavy atom. The molecule has 4 heterocycles. The zero-order valence-corrected chi connectivity index (χ0v) is 14.3. The first-order valence-electron chi connectivity index (χ1n) is 8.18. The van der Waals surface area contributed by atoms with E-state index in [9.17, 15) is 9.59 Å². The van der Waals surface area contributed by atoms with Gasteiger partial charge < -0.3 is 9.80 Å². The van der Waals surface area contributed by atoms with Gasteiger partial charge >= 0.3 is 0 Å². The van der Waals surface area contributed by atoms with Crippen LogP contribution in [0.25, 0.3) is 0 Å². The molecule has 8 heteroatoms. The van der Waals surface area contributed by atoms with E-state index in [2.05, 4.69) is 10.1 Å². The van der Waals surface area contributed by atoms with E-state index >= 15 is 0 Å². The first kappa shape index (κ1) is 15.3. The van der Waals surface area contributed by atoms with E-state index in [0.29, 0.717) is 25.2 Å². The number of hydrogen-bond donors (Lipinski definition) is 0. The Balaban J connectivity index is 1.44. The minimum absolute atomic E-state index is 0.0102. The Morgan fingerprint density at radius 1 is 1.38 bits per heavy atom. The van der Waals surface area contributed by atoms with Crippen LogP contribution >= 0.6 is 11.3 Å². The molecule has 4 rings (SSSR count). The van der Waals surface area contributed by atoms with Crippen molar-refractivity contribution in [2.45, 2.75) is 32.2 Å². The van der Waals surface area contributed by atoms with Crippen molar-refractivity contribution in [1.29, 1.82) is 0 Å². The van der Waals surface area contributed by atoms with E-state index in [0.717, 1.165) is 30.1 Å². The van der Waals surface area contributed by atoms with Gasteiger partial charge in [-0.3, -0.25) is 14.3 Å². The topological polar surface area (TPSA) is 71.3 Å². The minimum atomic E-state index is -0.0102. The van der Waals surface area contributed by atoms with Crippen molar-refractivity contribution < 1.29 is 9.59 Å². The molecule has 0 aromatic carbocycles. The molecule has 2 fully saturated rings. The first-order valence-corrected chi connectivity index (χ1v) is 9.06. The monoisotopic (exact) mass is 345 g/mol. The van der Waals surface area contributed by atoms with Crippen LogP contribution in [0.3, 0.4) is 0 Å². The van der Waals surface area contributed by atoms with Gasteiger partial charge in [-0.25, -0.2) is 4.98 Å². The highest BCUT2D eigenvalue weighted by atomic mass is 32.1. The SMILES string of the molecule is Cc1nc(C(=O)N2CCC(n3cc(N4CCCC4=O)cn3)C2)cs1. The molecule has 2 aliphatic rings. The van der Waals surface area contributed by atoms with Gasteiger partial charge in [0.15, 0.2) is 0 Å². The smallest absolute Gasteiger partial charge is 0.273 e. The third-order valence-electron chi connectivity index (χ3n) is 4.64. The maximum Gasteiger partial charge on any atom is 0.273 e. The predicted octanol–water partition coefficient (Wildman–Crippen LogP) is 1.86.